The smallest absolute Gasteiger partial charge is 0.109 e. The number of nitrogens with one attached hydrogen (secondary N) is 2. The summed E-state index contributed by atoms with van der Waals surface area (Å²) >= 11 is 0. The van der Waals surface area contributed by atoms with E-state index in [1.807, 2.05) is 13.2 Å². The third-order valence-corrected chi connectivity index (χ3v) is 4.12. The number of hydrogen-bond donors (Lipinski definition) is 2. The summed E-state index contributed by atoms with van der Waals surface area (Å²) in [6.07, 6.45) is 7.31. The first-order valence-corrected chi connectivity index (χ1v) is 6.89. The fourth-order valence-corrected chi connectivity index (χ4v) is 2.92. The lowest BCUT2D eigenvalue weighted by atomic mass is 9.77. The highest BCUT2D eigenvalue weighted by Crippen LogP contribution is 2.37. The lowest BCUT2D eigenvalue weighted by Gasteiger charge is -2.29. The monoisotopic (exact) mass is 235 g/mol. The van der Waals surface area contributed by atoms with Crippen LogP contribution in [0.1, 0.15) is 57.0 Å². The molecule has 0 saturated heterocycles. The zero-order valence-corrected chi connectivity index (χ0v) is 11.3. The Hall–Kier alpha value is -0.830. The average molecular weight is 235 g/mol. The van der Waals surface area contributed by atoms with Gasteiger partial charge in [0.25, 0.3) is 0 Å². The van der Waals surface area contributed by atoms with E-state index >= 15 is 0 Å². The zero-order chi connectivity index (χ0) is 12.3. The summed E-state index contributed by atoms with van der Waals surface area (Å²) in [4.78, 5) is 7.99. The van der Waals surface area contributed by atoms with Crippen molar-refractivity contribution in [3.8, 4) is 0 Å². The van der Waals surface area contributed by atoms with Crippen LogP contribution in [0.2, 0.25) is 0 Å². The van der Waals surface area contributed by atoms with Crippen molar-refractivity contribution in [2.45, 2.75) is 52.0 Å². The summed E-state index contributed by atoms with van der Waals surface area (Å²) in [5.41, 5.74) is 1.20. The molecule has 1 heterocycles. The Bertz CT molecular complexity index is 335. The average Bonchev–Trinajstić information content (AvgIpc) is 2.78. The highest BCUT2D eigenvalue weighted by atomic mass is 15.0. The molecule has 1 aromatic heterocycles. The van der Waals surface area contributed by atoms with Gasteiger partial charge in [-0.1, -0.05) is 13.8 Å². The van der Waals surface area contributed by atoms with Gasteiger partial charge in [-0.25, -0.2) is 4.98 Å². The lowest BCUT2D eigenvalue weighted by Crippen LogP contribution is -2.18. The largest absolute Gasteiger partial charge is 0.345 e. The number of aromatic amines is 1. The van der Waals surface area contributed by atoms with E-state index in [1.54, 1.807) is 0 Å². The van der Waals surface area contributed by atoms with Crippen molar-refractivity contribution in [2.24, 2.45) is 11.8 Å². The number of hydrogen-bond acceptors (Lipinski definition) is 2. The molecule has 1 aliphatic rings. The van der Waals surface area contributed by atoms with Crippen LogP contribution >= 0.6 is 0 Å². The molecule has 0 radical (unpaired) electrons. The predicted octanol–water partition coefficient (Wildman–Crippen LogP) is 3.06. The van der Waals surface area contributed by atoms with Crippen LogP contribution in [0.3, 0.4) is 0 Å². The van der Waals surface area contributed by atoms with Gasteiger partial charge in [0, 0.05) is 24.4 Å². The van der Waals surface area contributed by atoms with Crippen molar-refractivity contribution < 1.29 is 0 Å². The summed E-state index contributed by atoms with van der Waals surface area (Å²) < 4.78 is 0. The van der Waals surface area contributed by atoms with E-state index in [2.05, 4.69) is 29.1 Å². The molecule has 0 amide bonds. The standard InChI is InChI=1S/C14H25N3/c1-10(2)11-4-6-12(7-5-11)14-16-9-13(17-14)8-15-3/h9-12,15H,4-8H2,1-3H3,(H,16,17). The van der Waals surface area contributed by atoms with Crippen molar-refractivity contribution in [1.29, 1.82) is 0 Å². The van der Waals surface area contributed by atoms with Crippen LogP contribution in [0.15, 0.2) is 6.20 Å². The zero-order valence-electron chi connectivity index (χ0n) is 11.3. The van der Waals surface area contributed by atoms with Crippen molar-refractivity contribution in [3.05, 3.63) is 17.7 Å². The molecule has 2 N–H and O–H groups in total. The first-order valence-electron chi connectivity index (χ1n) is 6.89. The van der Waals surface area contributed by atoms with E-state index in [9.17, 15) is 0 Å². The second-order valence-corrected chi connectivity index (χ2v) is 5.68. The van der Waals surface area contributed by atoms with Gasteiger partial charge in [0.15, 0.2) is 0 Å². The number of nitrogens with zero attached hydrogens (tertiary/aromatic N) is 1. The summed E-state index contributed by atoms with van der Waals surface area (Å²) in [6, 6.07) is 0. The summed E-state index contributed by atoms with van der Waals surface area (Å²) in [7, 11) is 1.97. The van der Waals surface area contributed by atoms with E-state index in [0.29, 0.717) is 5.92 Å². The first kappa shape index (κ1) is 12.6. The van der Waals surface area contributed by atoms with Crippen molar-refractivity contribution in [3.63, 3.8) is 0 Å². The van der Waals surface area contributed by atoms with Gasteiger partial charge in [-0.05, 0) is 44.6 Å². The Morgan fingerprint density at radius 3 is 2.65 bits per heavy atom. The van der Waals surface area contributed by atoms with Crippen LogP contribution in [0.25, 0.3) is 0 Å². The number of aromatic nitrogens is 2. The second-order valence-electron chi connectivity index (χ2n) is 5.68. The Morgan fingerprint density at radius 2 is 2.06 bits per heavy atom. The first-order chi connectivity index (χ1) is 8.20. The maximum atomic E-state index is 4.53. The molecule has 1 saturated carbocycles. The molecule has 2 rings (SSSR count). The molecule has 0 bridgehead atoms. The molecule has 96 valence electrons. The van der Waals surface area contributed by atoms with Crippen LogP contribution in [0.4, 0.5) is 0 Å². The van der Waals surface area contributed by atoms with Gasteiger partial charge in [0.2, 0.25) is 0 Å². The molecule has 17 heavy (non-hydrogen) atoms. The molecule has 0 aliphatic heterocycles. The number of imidazole rings is 1. The normalized spacial score (nSPS) is 25.4. The van der Waals surface area contributed by atoms with E-state index in [-0.39, 0.29) is 0 Å². The van der Waals surface area contributed by atoms with Crippen molar-refractivity contribution in [1.82, 2.24) is 15.3 Å². The minimum absolute atomic E-state index is 0.663. The quantitative estimate of drug-likeness (QED) is 0.842. The second kappa shape index (κ2) is 5.67. The molecule has 1 aliphatic carbocycles. The van der Waals surface area contributed by atoms with Gasteiger partial charge in [-0.3, -0.25) is 0 Å². The van der Waals surface area contributed by atoms with E-state index < -0.39 is 0 Å². The van der Waals surface area contributed by atoms with Gasteiger partial charge in [0.1, 0.15) is 5.82 Å². The van der Waals surface area contributed by atoms with Crippen LogP contribution in [-0.4, -0.2) is 17.0 Å². The highest BCUT2D eigenvalue weighted by molar-refractivity contribution is 5.06. The fourth-order valence-electron chi connectivity index (χ4n) is 2.92. The molecule has 1 aromatic rings. The Balaban J connectivity index is 1.91. The molecule has 3 heteroatoms. The number of rotatable bonds is 4. The highest BCUT2D eigenvalue weighted by Gasteiger charge is 2.25. The molecule has 0 aromatic carbocycles. The van der Waals surface area contributed by atoms with Gasteiger partial charge < -0.3 is 10.3 Å². The van der Waals surface area contributed by atoms with Crippen molar-refractivity contribution in [2.75, 3.05) is 7.05 Å². The van der Waals surface area contributed by atoms with Gasteiger partial charge >= 0.3 is 0 Å². The van der Waals surface area contributed by atoms with Gasteiger partial charge in [-0.15, -0.1) is 0 Å². The third kappa shape index (κ3) is 3.09. The lowest BCUT2D eigenvalue weighted by molar-refractivity contribution is 0.255. The van der Waals surface area contributed by atoms with Crippen LogP contribution in [0, 0.1) is 11.8 Å². The summed E-state index contributed by atoms with van der Waals surface area (Å²) in [5, 5.41) is 3.15. The van der Waals surface area contributed by atoms with Crippen molar-refractivity contribution >= 4 is 0 Å². The van der Waals surface area contributed by atoms with Crippen LogP contribution < -0.4 is 5.32 Å². The molecule has 3 nitrogen and oxygen atoms in total. The maximum Gasteiger partial charge on any atom is 0.109 e. The molecule has 0 unspecified atom stereocenters. The molecular weight excluding hydrogens is 210 g/mol. The molecule has 0 atom stereocenters. The Kier molecular flexibility index (Phi) is 4.21. The van der Waals surface area contributed by atoms with E-state index in [0.717, 1.165) is 18.4 Å². The fraction of sp³-hybridized carbons (Fsp3) is 0.786. The van der Waals surface area contributed by atoms with E-state index in [1.165, 1.54) is 37.2 Å². The third-order valence-electron chi connectivity index (χ3n) is 4.12. The molecule has 1 fully saturated rings. The predicted molar refractivity (Wildman–Crippen MR) is 70.9 cm³/mol. The minimum Gasteiger partial charge on any atom is -0.345 e. The van der Waals surface area contributed by atoms with E-state index in [4.69, 9.17) is 0 Å². The Labute approximate surface area is 104 Å². The topological polar surface area (TPSA) is 40.7 Å². The number of H-pyrrole nitrogens is 1. The summed E-state index contributed by atoms with van der Waals surface area (Å²) in [6.45, 7) is 5.58. The van der Waals surface area contributed by atoms with Gasteiger partial charge in [0.05, 0.1) is 0 Å². The molecule has 0 spiro atoms. The Morgan fingerprint density at radius 1 is 1.35 bits per heavy atom. The van der Waals surface area contributed by atoms with Gasteiger partial charge in [-0.2, -0.15) is 0 Å². The summed E-state index contributed by atoms with van der Waals surface area (Å²) in [5.74, 6) is 3.64. The maximum absolute atomic E-state index is 4.53. The SMILES string of the molecule is CNCc1cnc(C2CCC(C(C)C)CC2)[nH]1. The van der Waals surface area contributed by atoms with Crippen LogP contribution in [-0.2, 0) is 6.54 Å². The van der Waals surface area contributed by atoms with Crippen LogP contribution in [0.5, 0.6) is 0 Å². The molecular formula is C14H25N3. The minimum atomic E-state index is 0.663.